The van der Waals surface area contributed by atoms with Crippen molar-refractivity contribution in [2.24, 2.45) is 0 Å². The molecule has 0 saturated heterocycles. The van der Waals surface area contributed by atoms with Gasteiger partial charge in [0.2, 0.25) is 0 Å². The summed E-state index contributed by atoms with van der Waals surface area (Å²) in [6, 6.07) is 13.2. The maximum Gasteiger partial charge on any atom is 0.269 e. The number of nitrogens with zero attached hydrogens (tertiary/aromatic N) is 2. The van der Waals surface area contributed by atoms with Gasteiger partial charge in [0.05, 0.1) is 20.7 Å². The van der Waals surface area contributed by atoms with Gasteiger partial charge in [-0.1, -0.05) is 12.1 Å². The number of nitro groups is 1. The first kappa shape index (κ1) is 17.9. The van der Waals surface area contributed by atoms with Gasteiger partial charge in [-0.25, -0.2) is 13.8 Å². The molecule has 8 heteroatoms. The third-order valence-corrected chi connectivity index (χ3v) is 5.20. The van der Waals surface area contributed by atoms with Crippen LogP contribution >= 0.6 is 11.3 Å². The molecule has 0 N–H and O–H groups in total. The van der Waals surface area contributed by atoms with Gasteiger partial charge < -0.3 is 0 Å². The number of nitro benzene ring substituents is 1. The molecule has 3 aromatic carbocycles. The molecule has 0 fully saturated rings. The predicted octanol–water partition coefficient (Wildman–Crippen LogP) is 5.38. The third kappa shape index (κ3) is 3.14. The fourth-order valence-electron chi connectivity index (χ4n) is 2.83. The lowest BCUT2D eigenvalue weighted by atomic mass is 9.98. The smallest absolute Gasteiger partial charge is 0.269 e. The van der Waals surface area contributed by atoms with Crippen molar-refractivity contribution in [1.82, 2.24) is 4.98 Å². The van der Waals surface area contributed by atoms with E-state index in [1.54, 1.807) is 0 Å². The summed E-state index contributed by atoms with van der Waals surface area (Å²) in [6.45, 7) is 0. The molecule has 0 saturated carbocycles. The number of thiazole rings is 1. The van der Waals surface area contributed by atoms with Crippen LogP contribution in [-0.4, -0.2) is 15.7 Å². The van der Waals surface area contributed by atoms with Crippen molar-refractivity contribution < 1.29 is 18.5 Å². The van der Waals surface area contributed by atoms with Crippen LogP contribution in [0.1, 0.15) is 15.9 Å². The molecule has 0 spiro atoms. The number of hydrogen-bond acceptors (Lipinski definition) is 5. The van der Waals surface area contributed by atoms with Gasteiger partial charge in [0.1, 0.15) is 16.6 Å². The van der Waals surface area contributed by atoms with Gasteiger partial charge in [-0.15, -0.1) is 11.3 Å². The molecular formula is C20H10F2N2O3S. The van der Waals surface area contributed by atoms with Gasteiger partial charge in [-0.3, -0.25) is 14.9 Å². The molecule has 0 aliphatic rings. The summed E-state index contributed by atoms with van der Waals surface area (Å²) in [6.07, 6.45) is 0. The van der Waals surface area contributed by atoms with Crippen molar-refractivity contribution in [2.45, 2.75) is 0 Å². The van der Waals surface area contributed by atoms with E-state index in [4.69, 9.17) is 0 Å². The second-order valence-electron chi connectivity index (χ2n) is 5.93. The number of hydrogen-bond donors (Lipinski definition) is 0. The molecule has 0 amide bonds. The highest BCUT2D eigenvalue weighted by Crippen LogP contribution is 2.35. The molecule has 4 aromatic rings. The Morgan fingerprint density at radius 3 is 2.50 bits per heavy atom. The Balaban J connectivity index is 1.83. The number of halogens is 2. The number of benzene rings is 3. The SMILES string of the molecule is O=C(c1ccc([N+](=O)[O-])cc1)c1cccc(F)c1-c1nc2ccc(F)cc2s1. The number of rotatable bonds is 4. The van der Waals surface area contributed by atoms with Crippen molar-refractivity contribution in [1.29, 1.82) is 0 Å². The summed E-state index contributed by atoms with van der Waals surface area (Å²) in [5, 5.41) is 11.0. The summed E-state index contributed by atoms with van der Waals surface area (Å²) in [5.74, 6) is -1.56. The fourth-order valence-corrected chi connectivity index (χ4v) is 3.88. The van der Waals surface area contributed by atoms with Crippen molar-refractivity contribution in [3.05, 3.63) is 93.5 Å². The first-order valence-electron chi connectivity index (χ1n) is 8.08. The first-order valence-corrected chi connectivity index (χ1v) is 8.90. The number of non-ortho nitro benzene ring substituents is 1. The Kier molecular flexibility index (Phi) is 4.40. The quantitative estimate of drug-likeness (QED) is 0.264. The molecule has 138 valence electrons. The van der Waals surface area contributed by atoms with E-state index >= 15 is 0 Å². The maximum atomic E-state index is 14.6. The lowest BCUT2D eigenvalue weighted by molar-refractivity contribution is -0.384. The highest BCUT2D eigenvalue weighted by Gasteiger charge is 2.21. The van der Waals surface area contributed by atoms with E-state index < -0.39 is 22.3 Å². The molecule has 1 heterocycles. The number of ketones is 1. The summed E-state index contributed by atoms with van der Waals surface area (Å²) < 4.78 is 28.6. The highest BCUT2D eigenvalue weighted by molar-refractivity contribution is 7.21. The lowest BCUT2D eigenvalue weighted by Crippen LogP contribution is -2.05. The molecule has 0 bridgehead atoms. The molecule has 5 nitrogen and oxygen atoms in total. The summed E-state index contributed by atoms with van der Waals surface area (Å²) in [4.78, 5) is 27.5. The Morgan fingerprint density at radius 2 is 1.79 bits per heavy atom. The number of aromatic nitrogens is 1. The number of carbonyl (C=O) groups excluding carboxylic acids is 1. The van der Waals surface area contributed by atoms with E-state index in [1.807, 2.05) is 0 Å². The number of fused-ring (bicyclic) bond motifs is 1. The van der Waals surface area contributed by atoms with Gasteiger partial charge in [-0.2, -0.15) is 0 Å². The Morgan fingerprint density at radius 1 is 1.04 bits per heavy atom. The van der Waals surface area contributed by atoms with E-state index in [9.17, 15) is 23.7 Å². The Hall–Kier alpha value is -3.52. The molecule has 0 aliphatic carbocycles. The minimum Gasteiger partial charge on any atom is -0.289 e. The minimum absolute atomic E-state index is 0.0208. The average Bonchev–Trinajstić information content (AvgIpc) is 3.09. The van der Waals surface area contributed by atoms with Gasteiger partial charge in [0.15, 0.2) is 5.78 Å². The second-order valence-corrected chi connectivity index (χ2v) is 6.96. The van der Waals surface area contributed by atoms with Crippen LogP contribution in [0.5, 0.6) is 0 Å². The van der Waals surface area contributed by atoms with Crippen molar-refractivity contribution in [2.75, 3.05) is 0 Å². The van der Waals surface area contributed by atoms with Crippen LogP contribution in [0.4, 0.5) is 14.5 Å². The highest BCUT2D eigenvalue weighted by atomic mass is 32.1. The predicted molar refractivity (Wildman–Crippen MR) is 102 cm³/mol. The maximum absolute atomic E-state index is 14.6. The van der Waals surface area contributed by atoms with Crippen LogP contribution in [0, 0.1) is 21.7 Å². The fraction of sp³-hybridized carbons (Fsp3) is 0. The monoisotopic (exact) mass is 396 g/mol. The summed E-state index contributed by atoms with van der Waals surface area (Å²) in [7, 11) is 0. The topological polar surface area (TPSA) is 73.1 Å². The van der Waals surface area contributed by atoms with Crippen molar-refractivity contribution >= 4 is 33.0 Å². The molecule has 0 aliphatic heterocycles. The summed E-state index contributed by atoms with van der Waals surface area (Å²) >= 11 is 1.08. The van der Waals surface area contributed by atoms with E-state index in [0.29, 0.717) is 10.2 Å². The normalized spacial score (nSPS) is 10.9. The summed E-state index contributed by atoms with van der Waals surface area (Å²) in [5.41, 5.74) is 0.632. The molecular weight excluding hydrogens is 386 g/mol. The lowest BCUT2D eigenvalue weighted by Gasteiger charge is -2.08. The van der Waals surface area contributed by atoms with Gasteiger partial charge in [-0.05, 0) is 36.4 Å². The van der Waals surface area contributed by atoms with Crippen molar-refractivity contribution in [3.63, 3.8) is 0 Å². The molecule has 1 aromatic heterocycles. The zero-order chi connectivity index (χ0) is 19.8. The van der Waals surface area contributed by atoms with Crippen LogP contribution < -0.4 is 0 Å². The van der Waals surface area contributed by atoms with Gasteiger partial charge in [0.25, 0.3) is 5.69 Å². The molecule has 0 unspecified atom stereocenters. The van der Waals surface area contributed by atoms with E-state index in [-0.39, 0.29) is 27.4 Å². The van der Waals surface area contributed by atoms with Crippen LogP contribution in [0.15, 0.2) is 60.7 Å². The molecule has 28 heavy (non-hydrogen) atoms. The number of carbonyl (C=O) groups is 1. The van der Waals surface area contributed by atoms with Gasteiger partial charge >= 0.3 is 0 Å². The standard InChI is InChI=1S/C20H10F2N2O3S/c21-12-6-9-16-17(10-12)28-20(23-16)18-14(2-1-3-15(18)22)19(25)11-4-7-13(8-5-11)24(26)27/h1-10H. The Labute approximate surface area is 161 Å². The molecule has 0 radical (unpaired) electrons. The van der Waals surface area contributed by atoms with E-state index in [1.165, 1.54) is 60.7 Å². The van der Waals surface area contributed by atoms with Crippen LogP contribution in [0.2, 0.25) is 0 Å². The minimum atomic E-state index is -0.632. The zero-order valence-corrected chi connectivity index (χ0v) is 14.9. The molecule has 0 atom stereocenters. The van der Waals surface area contributed by atoms with Crippen LogP contribution in [0.25, 0.3) is 20.8 Å². The first-order chi connectivity index (χ1) is 13.4. The average molecular weight is 396 g/mol. The third-order valence-electron chi connectivity index (χ3n) is 4.16. The Bertz CT molecular complexity index is 1240. The largest absolute Gasteiger partial charge is 0.289 e. The van der Waals surface area contributed by atoms with Crippen LogP contribution in [-0.2, 0) is 0 Å². The van der Waals surface area contributed by atoms with Gasteiger partial charge in [0, 0.05) is 23.3 Å². The van der Waals surface area contributed by atoms with E-state index in [0.717, 1.165) is 11.3 Å². The molecule has 4 rings (SSSR count). The second kappa shape index (κ2) is 6.90. The van der Waals surface area contributed by atoms with Crippen molar-refractivity contribution in [3.8, 4) is 10.6 Å². The van der Waals surface area contributed by atoms with Crippen LogP contribution in [0.3, 0.4) is 0 Å². The zero-order valence-electron chi connectivity index (χ0n) is 14.1. The van der Waals surface area contributed by atoms with E-state index in [2.05, 4.69) is 4.98 Å².